The van der Waals surface area contributed by atoms with Crippen LogP contribution in [0.4, 0.5) is 0 Å². The molecule has 0 aromatic carbocycles. The fourth-order valence-corrected chi connectivity index (χ4v) is 1.94. The zero-order chi connectivity index (χ0) is 13.0. The molecule has 0 saturated carbocycles. The molecule has 0 radical (unpaired) electrons. The first-order valence-electron chi connectivity index (χ1n) is 6.15. The van der Waals surface area contributed by atoms with Crippen molar-refractivity contribution in [2.24, 2.45) is 0 Å². The monoisotopic (exact) mass is 253 g/mol. The van der Waals surface area contributed by atoms with Crippen molar-refractivity contribution in [1.82, 2.24) is 15.1 Å². The van der Waals surface area contributed by atoms with Gasteiger partial charge in [0.15, 0.2) is 6.10 Å². The molecule has 1 aromatic rings. The zero-order valence-corrected chi connectivity index (χ0v) is 10.8. The minimum atomic E-state index is -0.473. The topological polar surface area (TPSA) is 65.4 Å². The maximum Gasteiger partial charge on any atom is 0.251 e. The van der Waals surface area contributed by atoms with Gasteiger partial charge in [0.25, 0.3) is 5.91 Å². The SMILES string of the molecule is Cc1cc(C)n(CCNC(=O)[C@H]2COCCO2)n1. The van der Waals surface area contributed by atoms with Crippen LogP contribution in [0.3, 0.4) is 0 Å². The second kappa shape index (κ2) is 5.97. The molecule has 2 heterocycles. The third kappa shape index (κ3) is 3.30. The van der Waals surface area contributed by atoms with Gasteiger partial charge in [0.05, 0.1) is 32.1 Å². The Morgan fingerprint density at radius 1 is 1.56 bits per heavy atom. The molecule has 100 valence electrons. The highest BCUT2D eigenvalue weighted by molar-refractivity contribution is 5.80. The summed E-state index contributed by atoms with van der Waals surface area (Å²) in [6.07, 6.45) is -0.473. The van der Waals surface area contributed by atoms with E-state index in [1.165, 1.54) is 0 Å². The highest BCUT2D eigenvalue weighted by Crippen LogP contribution is 2.02. The summed E-state index contributed by atoms with van der Waals surface area (Å²) in [5.41, 5.74) is 2.09. The van der Waals surface area contributed by atoms with Crippen molar-refractivity contribution in [3.63, 3.8) is 0 Å². The number of ether oxygens (including phenoxy) is 2. The lowest BCUT2D eigenvalue weighted by Crippen LogP contribution is -2.43. The fourth-order valence-electron chi connectivity index (χ4n) is 1.94. The Morgan fingerprint density at radius 3 is 3.00 bits per heavy atom. The van der Waals surface area contributed by atoms with Gasteiger partial charge in [-0.15, -0.1) is 0 Å². The molecule has 1 aliphatic heterocycles. The molecule has 1 amide bonds. The predicted octanol–water partition coefficient (Wildman–Crippen LogP) is 0.0315. The van der Waals surface area contributed by atoms with Crippen molar-refractivity contribution in [3.05, 3.63) is 17.5 Å². The van der Waals surface area contributed by atoms with Crippen LogP contribution in [0, 0.1) is 13.8 Å². The quantitative estimate of drug-likeness (QED) is 0.822. The highest BCUT2D eigenvalue weighted by Gasteiger charge is 2.21. The van der Waals surface area contributed by atoms with E-state index in [9.17, 15) is 4.79 Å². The van der Waals surface area contributed by atoms with Crippen LogP contribution < -0.4 is 5.32 Å². The summed E-state index contributed by atoms with van der Waals surface area (Å²) in [5, 5.41) is 7.16. The van der Waals surface area contributed by atoms with Gasteiger partial charge in [0, 0.05) is 12.2 Å². The molecule has 1 saturated heterocycles. The van der Waals surface area contributed by atoms with Gasteiger partial charge < -0.3 is 14.8 Å². The van der Waals surface area contributed by atoms with Gasteiger partial charge in [-0.1, -0.05) is 0 Å². The molecule has 6 heteroatoms. The predicted molar refractivity (Wildman–Crippen MR) is 65.3 cm³/mol. The number of hydrogen-bond donors (Lipinski definition) is 1. The molecule has 18 heavy (non-hydrogen) atoms. The second-order valence-corrected chi connectivity index (χ2v) is 4.38. The van der Waals surface area contributed by atoms with Crippen LogP contribution in [-0.2, 0) is 20.8 Å². The molecule has 6 nitrogen and oxygen atoms in total. The van der Waals surface area contributed by atoms with Gasteiger partial charge in [0.1, 0.15) is 0 Å². The standard InChI is InChI=1S/C12H19N3O3/c1-9-7-10(2)15(14-9)4-3-13-12(16)11-8-17-5-6-18-11/h7,11H,3-6,8H2,1-2H3,(H,13,16)/t11-/m1/s1. The summed E-state index contributed by atoms with van der Waals surface area (Å²) in [7, 11) is 0. The number of aryl methyl sites for hydroxylation is 2. The Morgan fingerprint density at radius 2 is 2.39 bits per heavy atom. The van der Waals surface area contributed by atoms with E-state index in [4.69, 9.17) is 9.47 Å². The summed E-state index contributed by atoms with van der Waals surface area (Å²) < 4.78 is 12.4. The van der Waals surface area contributed by atoms with Gasteiger partial charge >= 0.3 is 0 Å². The maximum absolute atomic E-state index is 11.7. The average Bonchev–Trinajstić information content (AvgIpc) is 2.69. The smallest absolute Gasteiger partial charge is 0.251 e. The minimum absolute atomic E-state index is 0.115. The summed E-state index contributed by atoms with van der Waals surface area (Å²) in [5.74, 6) is -0.115. The largest absolute Gasteiger partial charge is 0.376 e. The van der Waals surface area contributed by atoms with Crippen LogP contribution in [-0.4, -0.2) is 48.2 Å². The Hall–Kier alpha value is -1.40. The zero-order valence-electron chi connectivity index (χ0n) is 10.8. The molecule has 2 rings (SSSR count). The number of nitrogens with zero attached hydrogens (tertiary/aromatic N) is 2. The summed E-state index contributed by atoms with van der Waals surface area (Å²) in [6.45, 7) is 6.55. The van der Waals surface area contributed by atoms with Crippen LogP contribution in [0.5, 0.6) is 0 Å². The van der Waals surface area contributed by atoms with Crippen LogP contribution in [0.15, 0.2) is 6.07 Å². The molecular weight excluding hydrogens is 234 g/mol. The lowest BCUT2D eigenvalue weighted by Gasteiger charge is -2.22. The molecule has 0 spiro atoms. The molecule has 1 N–H and O–H groups in total. The van der Waals surface area contributed by atoms with Crippen LogP contribution >= 0.6 is 0 Å². The van der Waals surface area contributed by atoms with Crippen molar-refractivity contribution in [3.8, 4) is 0 Å². The van der Waals surface area contributed by atoms with E-state index < -0.39 is 6.10 Å². The molecule has 1 aliphatic rings. The summed E-state index contributed by atoms with van der Waals surface area (Å²) >= 11 is 0. The molecule has 0 bridgehead atoms. The van der Waals surface area contributed by atoms with Crippen LogP contribution in [0.2, 0.25) is 0 Å². The van der Waals surface area contributed by atoms with E-state index in [1.54, 1.807) is 0 Å². The Balaban J connectivity index is 1.74. The summed E-state index contributed by atoms with van der Waals surface area (Å²) in [4.78, 5) is 11.7. The van der Waals surface area contributed by atoms with Gasteiger partial charge in [-0.25, -0.2) is 0 Å². The first kappa shape index (κ1) is 13.0. The third-order valence-corrected chi connectivity index (χ3v) is 2.83. The molecule has 0 unspecified atom stereocenters. The summed E-state index contributed by atoms with van der Waals surface area (Å²) in [6, 6.07) is 2.01. The van der Waals surface area contributed by atoms with Crippen molar-refractivity contribution in [2.45, 2.75) is 26.5 Å². The number of carbonyl (C=O) groups excluding carboxylic acids is 1. The number of carbonyl (C=O) groups is 1. The minimum Gasteiger partial charge on any atom is -0.376 e. The molecule has 1 atom stereocenters. The molecule has 1 aromatic heterocycles. The van der Waals surface area contributed by atoms with Gasteiger partial charge in [0.2, 0.25) is 0 Å². The average molecular weight is 253 g/mol. The first-order valence-corrected chi connectivity index (χ1v) is 6.15. The number of aromatic nitrogens is 2. The van der Waals surface area contributed by atoms with E-state index in [-0.39, 0.29) is 5.91 Å². The lowest BCUT2D eigenvalue weighted by molar-refractivity contribution is -0.147. The maximum atomic E-state index is 11.7. The Kier molecular flexibility index (Phi) is 4.33. The van der Waals surface area contributed by atoms with Gasteiger partial charge in [-0.2, -0.15) is 5.10 Å². The van der Waals surface area contributed by atoms with E-state index in [1.807, 2.05) is 24.6 Å². The van der Waals surface area contributed by atoms with Crippen molar-refractivity contribution in [2.75, 3.05) is 26.4 Å². The van der Waals surface area contributed by atoms with Crippen LogP contribution in [0.1, 0.15) is 11.4 Å². The lowest BCUT2D eigenvalue weighted by atomic mass is 10.3. The van der Waals surface area contributed by atoms with E-state index >= 15 is 0 Å². The van der Waals surface area contributed by atoms with Gasteiger partial charge in [-0.3, -0.25) is 9.48 Å². The molecule has 1 fully saturated rings. The molecule has 0 aliphatic carbocycles. The number of hydrogen-bond acceptors (Lipinski definition) is 4. The van der Waals surface area contributed by atoms with Crippen LogP contribution in [0.25, 0.3) is 0 Å². The van der Waals surface area contributed by atoms with E-state index in [2.05, 4.69) is 10.4 Å². The highest BCUT2D eigenvalue weighted by atomic mass is 16.6. The first-order chi connectivity index (χ1) is 8.66. The van der Waals surface area contributed by atoms with E-state index in [0.717, 1.165) is 11.4 Å². The number of nitrogens with one attached hydrogen (secondary N) is 1. The molecular formula is C12H19N3O3. The van der Waals surface area contributed by atoms with E-state index in [0.29, 0.717) is 32.9 Å². The Bertz CT molecular complexity index is 411. The van der Waals surface area contributed by atoms with Crippen molar-refractivity contribution in [1.29, 1.82) is 0 Å². The number of amides is 1. The van der Waals surface area contributed by atoms with Gasteiger partial charge in [-0.05, 0) is 19.9 Å². The van der Waals surface area contributed by atoms with Crippen molar-refractivity contribution >= 4 is 5.91 Å². The third-order valence-electron chi connectivity index (χ3n) is 2.83. The fraction of sp³-hybridized carbons (Fsp3) is 0.667. The normalized spacial score (nSPS) is 19.8. The number of rotatable bonds is 4. The van der Waals surface area contributed by atoms with Crippen molar-refractivity contribution < 1.29 is 14.3 Å². The Labute approximate surface area is 106 Å². The second-order valence-electron chi connectivity index (χ2n) is 4.38.